The monoisotopic (exact) mass is 333 g/mol. The number of benzene rings is 1. The molecule has 0 bridgehead atoms. The molecule has 1 aromatic carbocycles. The van der Waals surface area contributed by atoms with Crippen LogP contribution in [-0.4, -0.2) is 31.6 Å². The summed E-state index contributed by atoms with van der Waals surface area (Å²) in [7, 11) is 1.64. The minimum atomic E-state index is -0.668. The molecular weight excluding hydrogens is 306 g/mol. The lowest BCUT2D eigenvalue weighted by molar-refractivity contribution is -0.121. The Labute approximate surface area is 143 Å². The fourth-order valence-electron chi connectivity index (χ4n) is 3.09. The van der Waals surface area contributed by atoms with Crippen LogP contribution in [0.25, 0.3) is 0 Å². The zero-order valence-electron chi connectivity index (χ0n) is 14.7. The number of fused-ring (bicyclic) bond motifs is 1. The van der Waals surface area contributed by atoms with Crippen molar-refractivity contribution >= 4 is 17.6 Å². The Bertz CT molecular complexity index is 603. The maximum Gasteiger partial charge on any atom is 0.312 e. The van der Waals surface area contributed by atoms with Crippen molar-refractivity contribution in [2.75, 3.05) is 18.6 Å². The fraction of sp³-hybridized carbons (Fsp3) is 0.556. The SMILES string of the molecule is CC[C@H](C)[C@H](NC(N)=O)C(=O)N1CCCCc2cc(OC)ccc21. The van der Waals surface area contributed by atoms with Gasteiger partial charge in [-0.1, -0.05) is 20.3 Å². The smallest absolute Gasteiger partial charge is 0.312 e. The zero-order chi connectivity index (χ0) is 17.7. The maximum absolute atomic E-state index is 13.1. The van der Waals surface area contributed by atoms with Gasteiger partial charge in [0.1, 0.15) is 11.8 Å². The average molecular weight is 333 g/mol. The number of hydrogen-bond acceptors (Lipinski definition) is 3. The molecule has 1 aliphatic rings. The second-order valence-electron chi connectivity index (χ2n) is 6.31. The predicted molar refractivity (Wildman–Crippen MR) is 94.2 cm³/mol. The predicted octanol–water partition coefficient (Wildman–Crippen LogP) is 2.45. The number of carbonyl (C=O) groups is 2. The maximum atomic E-state index is 13.1. The third-order valence-electron chi connectivity index (χ3n) is 4.70. The lowest BCUT2D eigenvalue weighted by Crippen LogP contribution is -2.53. The van der Waals surface area contributed by atoms with E-state index in [2.05, 4.69) is 5.32 Å². The van der Waals surface area contributed by atoms with Crippen LogP contribution < -0.4 is 20.7 Å². The first-order chi connectivity index (χ1) is 11.5. The number of urea groups is 1. The van der Waals surface area contributed by atoms with Crippen LogP contribution in [0.5, 0.6) is 5.75 Å². The molecule has 0 unspecified atom stereocenters. The number of nitrogens with one attached hydrogen (secondary N) is 1. The van der Waals surface area contributed by atoms with Gasteiger partial charge < -0.3 is 20.7 Å². The number of ether oxygens (including phenoxy) is 1. The molecule has 2 rings (SSSR count). The summed E-state index contributed by atoms with van der Waals surface area (Å²) in [4.78, 5) is 26.3. The van der Waals surface area contributed by atoms with Gasteiger partial charge in [-0.3, -0.25) is 4.79 Å². The number of amides is 3. The highest BCUT2D eigenvalue weighted by atomic mass is 16.5. The molecule has 132 valence electrons. The van der Waals surface area contributed by atoms with Crippen LogP contribution in [-0.2, 0) is 11.2 Å². The molecule has 6 heteroatoms. The van der Waals surface area contributed by atoms with Crippen molar-refractivity contribution in [1.82, 2.24) is 5.32 Å². The van der Waals surface area contributed by atoms with Crippen molar-refractivity contribution in [3.05, 3.63) is 23.8 Å². The van der Waals surface area contributed by atoms with Gasteiger partial charge in [0.05, 0.1) is 7.11 Å². The highest BCUT2D eigenvalue weighted by Crippen LogP contribution is 2.31. The number of carbonyl (C=O) groups excluding carboxylic acids is 2. The third kappa shape index (κ3) is 3.99. The molecule has 0 saturated heterocycles. The lowest BCUT2D eigenvalue weighted by Gasteiger charge is -2.30. The average Bonchev–Trinajstić information content (AvgIpc) is 2.79. The molecule has 6 nitrogen and oxygen atoms in total. The molecule has 1 aromatic rings. The van der Waals surface area contributed by atoms with Crippen LogP contribution >= 0.6 is 0 Å². The highest BCUT2D eigenvalue weighted by Gasteiger charge is 2.31. The largest absolute Gasteiger partial charge is 0.497 e. The van der Waals surface area contributed by atoms with Gasteiger partial charge >= 0.3 is 6.03 Å². The van der Waals surface area contributed by atoms with Crippen LogP contribution in [0.2, 0.25) is 0 Å². The number of primary amides is 1. The van der Waals surface area contributed by atoms with E-state index < -0.39 is 12.1 Å². The summed E-state index contributed by atoms with van der Waals surface area (Å²) in [5, 5.41) is 2.62. The van der Waals surface area contributed by atoms with Crippen molar-refractivity contribution < 1.29 is 14.3 Å². The van der Waals surface area contributed by atoms with E-state index >= 15 is 0 Å². The molecule has 0 saturated carbocycles. The molecule has 0 aromatic heterocycles. The zero-order valence-corrected chi connectivity index (χ0v) is 14.7. The van der Waals surface area contributed by atoms with E-state index in [0.717, 1.165) is 42.7 Å². The van der Waals surface area contributed by atoms with Gasteiger partial charge in [-0.25, -0.2) is 4.79 Å². The third-order valence-corrected chi connectivity index (χ3v) is 4.70. The first kappa shape index (κ1) is 18.1. The highest BCUT2D eigenvalue weighted by molar-refractivity contribution is 5.99. The number of rotatable bonds is 5. The first-order valence-corrected chi connectivity index (χ1v) is 8.52. The van der Waals surface area contributed by atoms with Crippen LogP contribution in [0.1, 0.15) is 38.7 Å². The molecule has 1 heterocycles. The number of anilines is 1. The number of nitrogens with zero attached hydrogens (tertiary/aromatic N) is 1. The topological polar surface area (TPSA) is 84.7 Å². The second kappa shape index (κ2) is 8.04. The van der Waals surface area contributed by atoms with Gasteiger partial charge in [-0.15, -0.1) is 0 Å². The van der Waals surface area contributed by atoms with Crippen molar-refractivity contribution in [3.8, 4) is 5.75 Å². The van der Waals surface area contributed by atoms with E-state index in [1.54, 1.807) is 12.0 Å². The Morgan fingerprint density at radius 1 is 1.38 bits per heavy atom. The number of hydrogen-bond donors (Lipinski definition) is 2. The van der Waals surface area contributed by atoms with E-state index in [9.17, 15) is 9.59 Å². The second-order valence-corrected chi connectivity index (χ2v) is 6.31. The van der Waals surface area contributed by atoms with Gasteiger partial charge in [0.15, 0.2) is 0 Å². The van der Waals surface area contributed by atoms with Crippen LogP contribution in [0.4, 0.5) is 10.5 Å². The summed E-state index contributed by atoms with van der Waals surface area (Å²) >= 11 is 0. The minimum Gasteiger partial charge on any atom is -0.497 e. The molecule has 3 amide bonds. The van der Waals surface area contributed by atoms with Crippen LogP contribution in [0.15, 0.2) is 18.2 Å². The fourth-order valence-corrected chi connectivity index (χ4v) is 3.09. The van der Waals surface area contributed by atoms with E-state index in [4.69, 9.17) is 10.5 Å². The summed E-state index contributed by atoms with van der Waals surface area (Å²) in [5.74, 6) is 0.697. The van der Waals surface area contributed by atoms with Gasteiger partial charge in [0.25, 0.3) is 0 Å². The summed E-state index contributed by atoms with van der Waals surface area (Å²) in [5.41, 5.74) is 7.28. The van der Waals surface area contributed by atoms with Crippen LogP contribution in [0.3, 0.4) is 0 Å². The Morgan fingerprint density at radius 3 is 2.75 bits per heavy atom. The standard InChI is InChI=1S/C18H27N3O3/c1-4-12(2)16(20-18(19)23)17(22)21-10-6-5-7-13-11-14(24-3)8-9-15(13)21/h8-9,11-12,16H,4-7,10H2,1-3H3,(H3,19,20,23)/t12-,16-/m0/s1. The van der Waals surface area contributed by atoms with E-state index in [1.807, 2.05) is 32.0 Å². The Balaban J connectivity index is 2.35. The molecule has 0 fully saturated rings. The summed E-state index contributed by atoms with van der Waals surface area (Å²) in [6.07, 6.45) is 3.63. The molecule has 1 aliphatic heterocycles. The van der Waals surface area contributed by atoms with Gasteiger partial charge in [0.2, 0.25) is 5.91 Å². The lowest BCUT2D eigenvalue weighted by atomic mass is 9.97. The molecule has 3 N–H and O–H groups in total. The molecule has 2 atom stereocenters. The summed E-state index contributed by atoms with van der Waals surface area (Å²) in [6, 6.07) is 4.50. The Hall–Kier alpha value is -2.24. The van der Waals surface area contributed by atoms with Crippen LogP contribution in [0, 0.1) is 5.92 Å². The van der Waals surface area contributed by atoms with Crippen molar-refractivity contribution in [2.24, 2.45) is 11.7 Å². The van der Waals surface area contributed by atoms with E-state index in [1.165, 1.54) is 0 Å². The minimum absolute atomic E-state index is 0.00921. The summed E-state index contributed by atoms with van der Waals surface area (Å²) < 4.78 is 5.30. The number of methoxy groups -OCH3 is 1. The Kier molecular flexibility index (Phi) is 6.06. The Morgan fingerprint density at radius 2 is 2.12 bits per heavy atom. The van der Waals surface area contributed by atoms with Gasteiger partial charge in [-0.05, 0) is 48.9 Å². The normalized spacial score (nSPS) is 16.5. The van der Waals surface area contributed by atoms with Crippen molar-refractivity contribution in [3.63, 3.8) is 0 Å². The quantitative estimate of drug-likeness (QED) is 0.868. The van der Waals surface area contributed by atoms with Gasteiger partial charge in [0, 0.05) is 12.2 Å². The van der Waals surface area contributed by atoms with Gasteiger partial charge in [-0.2, -0.15) is 0 Å². The first-order valence-electron chi connectivity index (χ1n) is 8.52. The molecule has 0 aliphatic carbocycles. The van der Waals surface area contributed by atoms with E-state index in [-0.39, 0.29) is 11.8 Å². The summed E-state index contributed by atoms with van der Waals surface area (Å²) in [6.45, 7) is 4.59. The van der Waals surface area contributed by atoms with Crippen molar-refractivity contribution in [1.29, 1.82) is 0 Å². The number of aryl methyl sites for hydroxylation is 1. The molecule has 24 heavy (non-hydrogen) atoms. The molecular formula is C18H27N3O3. The van der Waals surface area contributed by atoms with E-state index in [0.29, 0.717) is 6.54 Å². The molecule has 0 radical (unpaired) electrons. The van der Waals surface area contributed by atoms with Crippen molar-refractivity contribution in [2.45, 2.75) is 45.6 Å². The number of nitrogens with two attached hydrogens (primary N) is 1. The molecule has 0 spiro atoms.